The second-order valence-electron chi connectivity index (χ2n) is 5.58. The minimum atomic E-state index is -0.376. The van der Waals surface area contributed by atoms with Crippen LogP contribution in [0.3, 0.4) is 0 Å². The van der Waals surface area contributed by atoms with E-state index in [9.17, 15) is 4.79 Å². The molecule has 0 spiro atoms. The van der Waals surface area contributed by atoms with E-state index in [-0.39, 0.29) is 5.69 Å². The smallest absolute Gasteiger partial charge is 0.354 e. The van der Waals surface area contributed by atoms with Crippen LogP contribution in [0.15, 0.2) is 51.9 Å². The SMILES string of the molecule is CNc1nc(=O)n(-c2cccc(C)c2)c2cc(Cl)c3ccoc3c12. The van der Waals surface area contributed by atoms with E-state index in [1.807, 2.05) is 31.2 Å². The molecule has 0 bridgehead atoms. The van der Waals surface area contributed by atoms with E-state index in [1.165, 1.54) is 0 Å². The average molecular weight is 340 g/mol. The molecule has 5 nitrogen and oxygen atoms in total. The Kier molecular flexibility index (Phi) is 3.32. The highest BCUT2D eigenvalue weighted by Gasteiger charge is 2.18. The van der Waals surface area contributed by atoms with Gasteiger partial charge in [-0.1, -0.05) is 23.7 Å². The van der Waals surface area contributed by atoms with Gasteiger partial charge in [0, 0.05) is 12.4 Å². The molecule has 6 heteroatoms. The van der Waals surface area contributed by atoms with Crippen molar-refractivity contribution in [3.63, 3.8) is 0 Å². The third kappa shape index (κ3) is 2.09. The number of aromatic nitrogens is 2. The minimum absolute atomic E-state index is 0.376. The van der Waals surface area contributed by atoms with E-state index >= 15 is 0 Å². The molecule has 2 aromatic heterocycles. The van der Waals surface area contributed by atoms with Crippen LogP contribution in [0.1, 0.15) is 5.56 Å². The van der Waals surface area contributed by atoms with E-state index in [1.54, 1.807) is 30.0 Å². The molecule has 0 unspecified atom stereocenters. The zero-order chi connectivity index (χ0) is 16.8. The summed E-state index contributed by atoms with van der Waals surface area (Å²) in [4.78, 5) is 16.8. The van der Waals surface area contributed by atoms with Crippen LogP contribution in [-0.2, 0) is 0 Å². The molecule has 0 aliphatic heterocycles. The van der Waals surface area contributed by atoms with Crippen molar-refractivity contribution in [2.45, 2.75) is 6.92 Å². The van der Waals surface area contributed by atoms with Crippen molar-refractivity contribution in [2.75, 3.05) is 12.4 Å². The maximum Gasteiger partial charge on any atom is 0.354 e. The van der Waals surface area contributed by atoms with Crippen molar-refractivity contribution in [1.29, 1.82) is 0 Å². The first-order chi connectivity index (χ1) is 11.6. The number of nitrogens with one attached hydrogen (secondary N) is 1. The summed E-state index contributed by atoms with van der Waals surface area (Å²) in [5.74, 6) is 0.468. The van der Waals surface area contributed by atoms with Crippen molar-refractivity contribution in [2.24, 2.45) is 0 Å². The van der Waals surface area contributed by atoms with Crippen LogP contribution in [0, 0.1) is 6.92 Å². The third-order valence-corrected chi connectivity index (χ3v) is 4.35. The molecule has 0 aliphatic rings. The fraction of sp³-hybridized carbons (Fsp3) is 0.111. The number of halogens is 1. The van der Waals surface area contributed by atoms with E-state index in [0.717, 1.165) is 22.0 Å². The molecule has 0 fully saturated rings. The number of fused-ring (bicyclic) bond motifs is 3. The summed E-state index contributed by atoms with van der Waals surface area (Å²) < 4.78 is 7.18. The van der Waals surface area contributed by atoms with Gasteiger partial charge in [-0.05, 0) is 36.8 Å². The molecule has 4 rings (SSSR count). The molecule has 0 amide bonds. The molecule has 120 valence electrons. The van der Waals surface area contributed by atoms with Crippen LogP contribution in [-0.4, -0.2) is 16.6 Å². The van der Waals surface area contributed by atoms with Crippen LogP contribution < -0.4 is 11.0 Å². The number of aryl methyl sites for hydroxylation is 1. The van der Waals surface area contributed by atoms with Gasteiger partial charge in [0.05, 0.1) is 27.9 Å². The number of furan rings is 1. The Hall–Kier alpha value is -2.79. The van der Waals surface area contributed by atoms with Gasteiger partial charge in [-0.2, -0.15) is 4.98 Å². The summed E-state index contributed by atoms with van der Waals surface area (Å²) in [7, 11) is 1.72. The van der Waals surface area contributed by atoms with Crippen LogP contribution in [0.25, 0.3) is 27.6 Å². The normalized spacial score (nSPS) is 11.3. The number of benzene rings is 2. The van der Waals surface area contributed by atoms with Crippen molar-refractivity contribution in [1.82, 2.24) is 9.55 Å². The van der Waals surface area contributed by atoms with Gasteiger partial charge in [-0.15, -0.1) is 0 Å². The number of hydrogen-bond acceptors (Lipinski definition) is 4. The molecule has 0 saturated heterocycles. The maximum absolute atomic E-state index is 12.6. The first kappa shape index (κ1) is 14.8. The van der Waals surface area contributed by atoms with E-state index in [0.29, 0.717) is 21.9 Å². The first-order valence-corrected chi connectivity index (χ1v) is 7.85. The van der Waals surface area contributed by atoms with Gasteiger partial charge in [-0.3, -0.25) is 4.57 Å². The first-order valence-electron chi connectivity index (χ1n) is 7.47. The van der Waals surface area contributed by atoms with Gasteiger partial charge >= 0.3 is 5.69 Å². The second kappa shape index (κ2) is 5.39. The molecule has 4 aromatic rings. The molecule has 0 saturated carbocycles. The summed E-state index contributed by atoms with van der Waals surface area (Å²) in [6.45, 7) is 1.98. The van der Waals surface area contributed by atoms with E-state index < -0.39 is 0 Å². The molecule has 0 atom stereocenters. The van der Waals surface area contributed by atoms with E-state index in [2.05, 4.69) is 10.3 Å². The van der Waals surface area contributed by atoms with Gasteiger partial charge in [0.1, 0.15) is 11.4 Å². The van der Waals surface area contributed by atoms with E-state index in [4.69, 9.17) is 16.0 Å². The zero-order valence-electron chi connectivity index (χ0n) is 13.1. The molecule has 0 aliphatic carbocycles. The molecule has 0 radical (unpaired) electrons. The summed E-state index contributed by atoms with van der Waals surface area (Å²) in [5, 5.41) is 5.02. The standard InChI is InChI=1S/C18H14ClN3O2/c1-10-4-3-5-11(8-10)22-14-9-13(19)12-6-7-24-16(12)15(14)17(20-2)21-18(22)23/h3-9H,1-2H3,(H,20,21,23). The van der Waals surface area contributed by atoms with Crippen LogP contribution in [0.4, 0.5) is 5.82 Å². The summed E-state index contributed by atoms with van der Waals surface area (Å²) in [6.07, 6.45) is 1.58. The third-order valence-electron chi connectivity index (χ3n) is 4.04. The number of anilines is 1. The number of rotatable bonds is 2. The monoisotopic (exact) mass is 339 g/mol. The molecule has 24 heavy (non-hydrogen) atoms. The molecule has 2 heterocycles. The Labute approximate surface area is 142 Å². The highest BCUT2D eigenvalue weighted by atomic mass is 35.5. The molecular formula is C18H14ClN3O2. The Morgan fingerprint density at radius 3 is 2.83 bits per heavy atom. The summed E-state index contributed by atoms with van der Waals surface area (Å²) >= 11 is 6.40. The van der Waals surface area contributed by atoms with Crippen LogP contribution in [0.2, 0.25) is 5.02 Å². The summed E-state index contributed by atoms with van der Waals surface area (Å²) in [6, 6.07) is 11.3. The Bertz CT molecular complexity index is 1140. The second-order valence-corrected chi connectivity index (χ2v) is 5.99. The largest absolute Gasteiger partial charge is 0.463 e. The van der Waals surface area contributed by atoms with Crippen molar-refractivity contribution in [3.8, 4) is 5.69 Å². The lowest BCUT2D eigenvalue weighted by Gasteiger charge is -2.14. The Balaban J connectivity index is 2.24. The lowest BCUT2D eigenvalue weighted by atomic mass is 10.1. The predicted molar refractivity (Wildman–Crippen MR) is 96.4 cm³/mol. The lowest BCUT2D eigenvalue weighted by molar-refractivity contribution is 0.619. The van der Waals surface area contributed by atoms with Crippen molar-refractivity contribution in [3.05, 3.63) is 63.7 Å². The minimum Gasteiger partial charge on any atom is -0.463 e. The van der Waals surface area contributed by atoms with Gasteiger partial charge < -0.3 is 9.73 Å². The topological polar surface area (TPSA) is 60.1 Å². The molecular weight excluding hydrogens is 326 g/mol. The number of nitrogens with zero attached hydrogens (tertiary/aromatic N) is 2. The summed E-state index contributed by atoms with van der Waals surface area (Å²) in [5.41, 5.74) is 2.67. The van der Waals surface area contributed by atoms with Crippen molar-refractivity contribution >= 4 is 39.3 Å². The fourth-order valence-electron chi connectivity index (χ4n) is 2.98. The molecule has 2 aromatic carbocycles. The van der Waals surface area contributed by atoms with Crippen molar-refractivity contribution < 1.29 is 4.42 Å². The average Bonchev–Trinajstić information content (AvgIpc) is 3.04. The highest BCUT2D eigenvalue weighted by molar-refractivity contribution is 6.37. The van der Waals surface area contributed by atoms with Crippen LogP contribution in [0.5, 0.6) is 0 Å². The van der Waals surface area contributed by atoms with Gasteiger partial charge in [-0.25, -0.2) is 4.79 Å². The lowest BCUT2D eigenvalue weighted by Crippen LogP contribution is -2.23. The fourth-order valence-corrected chi connectivity index (χ4v) is 3.24. The Morgan fingerprint density at radius 2 is 2.08 bits per heavy atom. The zero-order valence-corrected chi connectivity index (χ0v) is 13.9. The van der Waals surface area contributed by atoms with Gasteiger partial charge in [0.2, 0.25) is 0 Å². The quantitative estimate of drug-likeness (QED) is 0.596. The van der Waals surface area contributed by atoms with Crippen LogP contribution >= 0.6 is 11.6 Å². The van der Waals surface area contributed by atoms with Gasteiger partial charge in [0.15, 0.2) is 0 Å². The highest BCUT2D eigenvalue weighted by Crippen LogP contribution is 2.35. The molecule has 1 N–H and O–H groups in total. The Morgan fingerprint density at radius 1 is 1.25 bits per heavy atom. The maximum atomic E-state index is 12.6. The predicted octanol–water partition coefficient (Wildman–Crippen LogP) is 4.14. The number of hydrogen-bond donors (Lipinski definition) is 1. The van der Waals surface area contributed by atoms with Gasteiger partial charge in [0.25, 0.3) is 0 Å².